The number of carbonyl (C=O) groups is 1. The minimum atomic E-state index is -0.168. The molecular weight excluding hydrogens is 392 g/mol. The molecular formula is C20H15BrN4O. The Kier molecular flexibility index (Phi) is 4.26. The van der Waals surface area contributed by atoms with Crippen LogP contribution >= 0.6 is 15.9 Å². The van der Waals surface area contributed by atoms with Crippen LogP contribution in [0.1, 0.15) is 15.9 Å². The molecule has 4 aromatic rings. The van der Waals surface area contributed by atoms with E-state index in [0.29, 0.717) is 11.3 Å². The van der Waals surface area contributed by atoms with Gasteiger partial charge in [0.25, 0.3) is 5.91 Å². The van der Waals surface area contributed by atoms with Crippen molar-refractivity contribution in [1.29, 1.82) is 0 Å². The van der Waals surface area contributed by atoms with Gasteiger partial charge in [0.2, 0.25) is 0 Å². The topological polar surface area (TPSA) is 70.7 Å². The van der Waals surface area contributed by atoms with Crippen molar-refractivity contribution < 1.29 is 4.79 Å². The molecule has 0 atom stereocenters. The Balaban J connectivity index is 1.62. The number of halogens is 1. The molecule has 2 N–H and O–H groups in total. The number of pyridine rings is 1. The number of anilines is 1. The molecule has 0 saturated carbocycles. The lowest BCUT2D eigenvalue weighted by molar-refractivity contribution is 0.102. The van der Waals surface area contributed by atoms with Gasteiger partial charge in [-0.2, -0.15) is 0 Å². The Bertz CT molecular complexity index is 1090. The molecule has 2 aromatic heterocycles. The van der Waals surface area contributed by atoms with Crippen LogP contribution in [0, 0.1) is 6.92 Å². The van der Waals surface area contributed by atoms with E-state index in [9.17, 15) is 4.79 Å². The van der Waals surface area contributed by atoms with Crippen LogP contribution in [0.3, 0.4) is 0 Å². The number of H-pyrrole nitrogens is 1. The first-order chi connectivity index (χ1) is 12.6. The van der Waals surface area contributed by atoms with E-state index in [2.05, 4.69) is 36.2 Å². The van der Waals surface area contributed by atoms with Crippen LogP contribution in [0.25, 0.3) is 22.4 Å². The number of hydrogen-bond acceptors (Lipinski definition) is 3. The molecule has 0 bridgehead atoms. The number of nitrogens with zero attached hydrogens (tertiary/aromatic N) is 2. The smallest absolute Gasteiger partial charge is 0.255 e. The highest BCUT2D eigenvalue weighted by molar-refractivity contribution is 9.10. The van der Waals surface area contributed by atoms with Crippen LogP contribution in [0.15, 0.2) is 65.4 Å². The standard InChI is InChI=1S/C20H15BrN4O/c1-12-8-14(21)6-7-16(12)20(26)23-15-9-13(10-22-11-15)19-24-17-4-2-3-5-18(17)25-19/h2-11H,1H3,(H,23,26)(H,24,25). The molecule has 0 unspecified atom stereocenters. The van der Waals surface area contributed by atoms with Crippen molar-refractivity contribution in [2.24, 2.45) is 0 Å². The number of nitrogens with one attached hydrogen (secondary N) is 2. The SMILES string of the molecule is Cc1cc(Br)ccc1C(=O)Nc1cncc(-c2nc3ccccc3[nH]2)c1. The summed E-state index contributed by atoms with van der Waals surface area (Å²) in [5.74, 6) is 0.549. The highest BCUT2D eigenvalue weighted by atomic mass is 79.9. The Labute approximate surface area is 158 Å². The summed E-state index contributed by atoms with van der Waals surface area (Å²) in [5, 5.41) is 2.90. The van der Waals surface area contributed by atoms with Crippen LogP contribution in [0.5, 0.6) is 0 Å². The number of hydrogen-bond donors (Lipinski definition) is 2. The third-order valence-corrected chi connectivity index (χ3v) is 4.59. The molecule has 0 saturated heterocycles. The number of carbonyl (C=O) groups excluding carboxylic acids is 1. The molecule has 0 aliphatic heterocycles. The van der Waals surface area contributed by atoms with E-state index in [1.807, 2.05) is 49.4 Å². The van der Waals surface area contributed by atoms with E-state index in [1.54, 1.807) is 18.5 Å². The first kappa shape index (κ1) is 16.5. The minimum absolute atomic E-state index is 0.168. The lowest BCUT2D eigenvalue weighted by Gasteiger charge is -2.08. The summed E-state index contributed by atoms with van der Waals surface area (Å²) < 4.78 is 0.945. The second kappa shape index (κ2) is 6.72. The van der Waals surface area contributed by atoms with E-state index in [1.165, 1.54) is 0 Å². The molecule has 6 heteroatoms. The number of rotatable bonds is 3. The highest BCUT2D eigenvalue weighted by Crippen LogP contribution is 2.23. The van der Waals surface area contributed by atoms with Crippen molar-refractivity contribution in [3.05, 3.63) is 76.5 Å². The molecule has 0 aliphatic carbocycles. The normalized spacial score (nSPS) is 10.8. The Morgan fingerprint density at radius 1 is 1.12 bits per heavy atom. The summed E-state index contributed by atoms with van der Waals surface area (Å²) in [6, 6.07) is 15.2. The second-order valence-corrected chi connectivity index (χ2v) is 6.89. The van der Waals surface area contributed by atoms with Crippen LogP contribution in [0.2, 0.25) is 0 Å². The predicted octanol–water partition coefficient (Wildman–Crippen LogP) is 4.95. The number of aromatic amines is 1. The summed E-state index contributed by atoms with van der Waals surface area (Å²) in [5.41, 5.74) is 4.81. The zero-order chi connectivity index (χ0) is 18.1. The van der Waals surface area contributed by atoms with Crippen molar-refractivity contribution in [2.45, 2.75) is 6.92 Å². The fourth-order valence-corrected chi connectivity index (χ4v) is 3.28. The number of fused-ring (bicyclic) bond motifs is 1. The lowest BCUT2D eigenvalue weighted by Crippen LogP contribution is -2.13. The number of para-hydroxylation sites is 2. The maximum atomic E-state index is 12.6. The quantitative estimate of drug-likeness (QED) is 0.505. The molecule has 4 rings (SSSR count). The van der Waals surface area contributed by atoms with Gasteiger partial charge in [-0.3, -0.25) is 9.78 Å². The Hall–Kier alpha value is -2.99. The Morgan fingerprint density at radius 2 is 1.96 bits per heavy atom. The first-order valence-corrected chi connectivity index (χ1v) is 8.87. The van der Waals surface area contributed by atoms with Gasteiger partial charge in [0.1, 0.15) is 5.82 Å². The summed E-state index contributed by atoms with van der Waals surface area (Å²) >= 11 is 3.41. The molecule has 1 amide bonds. The van der Waals surface area contributed by atoms with E-state index in [0.717, 1.165) is 32.5 Å². The molecule has 2 aromatic carbocycles. The fourth-order valence-electron chi connectivity index (χ4n) is 2.81. The molecule has 0 fully saturated rings. The van der Waals surface area contributed by atoms with Crippen molar-refractivity contribution >= 4 is 38.6 Å². The average Bonchev–Trinajstić information content (AvgIpc) is 3.06. The molecule has 26 heavy (non-hydrogen) atoms. The van der Waals surface area contributed by atoms with Gasteiger partial charge in [-0.1, -0.05) is 28.1 Å². The average molecular weight is 407 g/mol. The lowest BCUT2D eigenvalue weighted by atomic mass is 10.1. The van der Waals surface area contributed by atoms with Crippen LogP contribution in [-0.4, -0.2) is 20.9 Å². The van der Waals surface area contributed by atoms with Crippen LogP contribution in [0.4, 0.5) is 5.69 Å². The number of aromatic nitrogens is 3. The minimum Gasteiger partial charge on any atom is -0.338 e. The zero-order valence-electron chi connectivity index (χ0n) is 14.0. The first-order valence-electron chi connectivity index (χ1n) is 8.08. The molecule has 2 heterocycles. The third kappa shape index (κ3) is 3.23. The van der Waals surface area contributed by atoms with Gasteiger partial charge >= 0.3 is 0 Å². The zero-order valence-corrected chi connectivity index (χ0v) is 15.5. The van der Waals surface area contributed by atoms with Gasteiger partial charge in [-0.15, -0.1) is 0 Å². The molecule has 128 valence electrons. The van der Waals surface area contributed by atoms with Gasteiger partial charge < -0.3 is 10.3 Å². The largest absolute Gasteiger partial charge is 0.338 e. The summed E-state index contributed by atoms with van der Waals surface area (Å²) in [6.45, 7) is 1.91. The second-order valence-electron chi connectivity index (χ2n) is 5.98. The van der Waals surface area contributed by atoms with E-state index in [-0.39, 0.29) is 5.91 Å². The third-order valence-electron chi connectivity index (χ3n) is 4.09. The molecule has 0 spiro atoms. The van der Waals surface area contributed by atoms with E-state index < -0.39 is 0 Å². The summed E-state index contributed by atoms with van der Waals surface area (Å²) in [6.07, 6.45) is 3.34. The van der Waals surface area contributed by atoms with Crippen LogP contribution in [-0.2, 0) is 0 Å². The highest BCUT2D eigenvalue weighted by Gasteiger charge is 2.11. The number of aryl methyl sites for hydroxylation is 1. The Morgan fingerprint density at radius 3 is 2.77 bits per heavy atom. The van der Waals surface area contributed by atoms with Crippen molar-refractivity contribution in [2.75, 3.05) is 5.32 Å². The van der Waals surface area contributed by atoms with Gasteiger partial charge in [0, 0.05) is 21.8 Å². The van der Waals surface area contributed by atoms with E-state index in [4.69, 9.17) is 0 Å². The maximum absolute atomic E-state index is 12.6. The number of imidazole rings is 1. The summed E-state index contributed by atoms with van der Waals surface area (Å²) in [7, 11) is 0. The predicted molar refractivity (Wildman–Crippen MR) is 106 cm³/mol. The molecule has 0 aliphatic rings. The van der Waals surface area contributed by atoms with Crippen molar-refractivity contribution in [1.82, 2.24) is 15.0 Å². The summed E-state index contributed by atoms with van der Waals surface area (Å²) in [4.78, 5) is 24.6. The van der Waals surface area contributed by atoms with Gasteiger partial charge in [0.05, 0.1) is 22.9 Å². The number of benzene rings is 2. The van der Waals surface area contributed by atoms with Gasteiger partial charge in [-0.05, 0) is 48.9 Å². The molecule has 0 radical (unpaired) electrons. The van der Waals surface area contributed by atoms with Crippen LogP contribution < -0.4 is 5.32 Å². The van der Waals surface area contributed by atoms with E-state index >= 15 is 0 Å². The monoisotopic (exact) mass is 406 g/mol. The fraction of sp³-hybridized carbons (Fsp3) is 0.0500. The van der Waals surface area contributed by atoms with Crippen molar-refractivity contribution in [3.63, 3.8) is 0 Å². The van der Waals surface area contributed by atoms with Crippen molar-refractivity contribution in [3.8, 4) is 11.4 Å². The maximum Gasteiger partial charge on any atom is 0.255 e. The van der Waals surface area contributed by atoms with Gasteiger partial charge in [-0.25, -0.2) is 4.98 Å². The van der Waals surface area contributed by atoms with Gasteiger partial charge in [0.15, 0.2) is 0 Å². The number of amides is 1. The molecule has 5 nitrogen and oxygen atoms in total.